The van der Waals surface area contributed by atoms with E-state index < -0.39 is 0 Å². The number of allylic oxidation sites excluding steroid dienone is 3. The Bertz CT molecular complexity index is 454. The Kier molecular flexibility index (Phi) is 3.94. The van der Waals surface area contributed by atoms with Crippen molar-refractivity contribution in [3.05, 3.63) is 71.8 Å². The lowest BCUT2D eigenvalue weighted by atomic mass is 9.89. The first-order valence-corrected chi connectivity index (χ1v) is 6.13. The fourth-order valence-corrected chi connectivity index (χ4v) is 2.38. The molecule has 0 saturated carbocycles. The molecule has 88 valence electrons. The van der Waals surface area contributed by atoms with Gasteiger partial charge in [-0.05, 0) is 30.0 Å². The van der Waals surface area contributed by atoms with Gasteiger partial charge in [-0.25, -0.2) is 0 Å². The summed E-state index contributed by atoms with van der Waals surface area (Å²) in [6, 6.07) is 8.97. The summed E-state index contributed by atoms with van der Waals surface area (Å²) in [6.07, 6.45) is 9.29. The topological polar surface area (TPSA) is 12.0 Å². The van der Waals surface area contributed by atoms with Crippen LogP contribution in [0.25, 0.3) is 0 Å². The van der Waals surface area contributed by atoms with Gasteiger partial charge in [0.05, 0.1) is 6.04 Å². The molecule has 0 fully saturated rings. The Morgan fingerprint density at radius 1 is 1.41 bits per heavy atom. The first-order chi connectivity index (χ1) is 8.36. The summed E-state index contributed by atoms with van der Waals surface area (Å²) >= 11 is 0. The van der Waals surface area contributed by atoms with Crippen LogP contribution in [-0.2, 0) is 6.42 Å². The van der Waals surface area contributed by atoms with Crippen molar-refractivity contribution in [2.45, 2.75) is 19.4 Å². The average molecular weight is 225 g/mol. The number of nitrogens with one attached hydrogen (secondary N) is 1. The second-order valence-corrected chi connectivity index (χ2v) is 4.24. The van der Waals surface area contributed by atoms with Crippen LogP contribution in [0.15, 0.2) is 60.7 Å². The van der Waals surface area contributed by atoms with Crippen LogP contribution in [0, 0.1) is 0 Å². The van der Waals surface area contributed by atoms with E-state index in [1.54, 1.807) is 0 Å². The number of benzene rings is 1. The maximum absolute atomic E-state index is 3.80. The molecule has 0 amide bonds. The highest BCUT2D eigenvalue weighted by Crippen LogP contribution is 2.29. The van der Waals surface area contributed by atoms with E-state index in [0.29, 0.717) is 6.04 Å². The molecule has 0 spiro atoms. The van der Waals surface area contributed by atoms with E-state index in [4.69, 9.17) is 0 Å². The molecule has 1 nitrogen and oxygen atoms in total. The van der Waals surface area contributed by atoms with Gasteiger partial charge >= 0.3 is 0 Å². The molecule has 1 N–H and O–H groups in total. The van der Waals surface area contributed by atoms with Gasteiger partial charge in [0.15, 0.2) is 0 Å². The Labute approximate surface area is 104 Å². The summed E-state index contributed by atoms with van der Waals surface area (Å²) in [5.41, 5.74) is 4.12. The molecule has 1 aliphatic rings. The van der Waals surface area contributed by atoms with Gasteiger partial charge in [-0.3, -0.25) is 0 Å². The van der Waals surface area contributed by atoms with Crippen LogP contribution in [0.2, 0.25) is 0 Å². The van der Waals surface area contributed by atoms with Crippen molar-refractivity contribution in [2.24, 2.45) is 0 Å². The zero-order valence-electron chi connectivity index (χ0n) is 10.3. The minimum absolute atomic E-state index is 0.300. The Morgan fingerprint density at radius 3 is 3.00 bits per heavy atom. The zero-order chi connectivity index (χ0) is 12.1. The zero-order valence-corrected chi connectivity index (χ0v) is 10.3. The van der Waals surface area contributed by atoms with Gasteiger partial charge in [-0.1, -0.05) is 55.1 Å². The fourth-order valence-electron chi connectivity index (χ4n) is 2.38. The van der Waals surface area contributed by atoms with Gasteiger partial charge < -0.3 is 5.32 Å². The lowest BCUT2D eigenvalue weighted by molar-refractivity contribution is 0.567. The highest BCUT2D eigenvalue weighted by molar-refractivity contribution is 5.42. The van der Waals surface area contributed by atoms with Crippen molar-refractivity contribution in [1.29, 1.82) is 0 Å². The summed E-state index contributed by atoms with van der Waals surface area (Å²) in [5, 5.41) is 3.58. The van der Waals surface area contributed by atoms with Crippen LogP contribution in [0.4, 0.5) is 0 Å². The Hall–Kier alpha value is -1.60. The smallest absolute Gasteiger partial charge is 0.0579 e. The van der Waals surface area contributed by atoms with Gasteiger partial charge in [0.2, 0.25) is 0 Å². The van der Waals surface area contributed by atoms with E-state index in [1.807, 2.05) is 13.0 Å². The van der Waals surface area contributed by atoms with Crippen molar-refractivity contribution in [2.75, 3.05) is 6.54 Å². The molecular formula is C16H19N. The van der Waals surface area contributed by atoms with E-state index >= 15 is 0 Å². The van der Waals surface area contributed by atoms with Crippen LogP contribution in [0.1, 0.15) is 24.1 Å². The summed E-state index contributed by atoms with van der Waals surface area (Å²) in [4.78, 5) is 0. The molecule has 17 heavy (non-hydrogen) atoms. The second kappa shape index (κ2) is 5.65. The van der Waals surface area contributed by atoms with Crippen LogP contribution in [0.5, 0.6) is 0 Å². The number of fused-ring (bicyclic) bond motifs is 1. The molecule has 1 aromatic carbocycles. The minimum Gasteiger partial charge on any atom is -0.306 e. The highest BCUT2D eigenvalue weighted by atomic mass is 14.9. The molecule has 0 bridgehead atoms. The Balaban J connectivity index is 2.40. The molecule has 1 atom stereocenters. The lowest BCUT2D eigenvalue weighted by Gasteiger charge is -2.28. The van der Waals surface area contributed by atoms with Crippen LogP contribution >= 0.6 is 0 Å². The Morgan fingerprint density at radius 2 is 2.24 bits per heavy atom. The largest absolute Gasteiger partial charge is 0.306 e. The molecule has 0 saturated heterocycles. The van der Waals surface area contributed by atoms with Crippen molar-refractivity contribution in [3.63, 3.8) is 0 Å². The molecule has 1 heterocycles. The van der Waals surface area contributed by atoms with Crippen molar-refractivity contribution >= 4 is 0 Å². The van der Waals surface area contributed by atoms with Gasteiger partial charge in [0.1, 0.15) is 0 Å². The summed E-state index contributed by atoms with van der Waals surface area (Å²) in [7, 11) is 0. The minimum atomic E-state index is 0.300. The number of hydrogen-bond acceptors (Lipinski definition) is 1. The molecule has 0 aliphatic carbocycles. The molecule has 1 heteroatoms. The number of hydrogen-bond donors (Lipinski definition) is 1. The third-order valence-corrected chi connectivity index (χ3v) is 3.11. The van der Waals surface area contributed by atoms with Crippen molar-refractivity contribution in [3.8, 4) is 0 Å². The maximum Gasteiger partial charge on any atom is 0.0579 e. The molecule has 1 aromatic rings. The predicted molar refractivity (Wildman–Crippen MR) is 74.0 cm³/mol. The van der Waals surface area contributed by atoms with E-state index in [9.17, 15) is 0 Å². The van der Waals surface area contributed by atoms with E-state index in [-0.39, 0.29) is 0 Å². The SMILES string of the molecule is C=C/C=C(\C=C/C)C1NCCc2ccccc21. The quantitative estimate of drug-likeness (QED) is 0.776. The van der Waals surface area contributed by atoms with Crippen molar-refractivity contribution < 1.29 is 0 Å². The van der Waals surface area contributed by atoms with E-state index in [2.05, 4.69) is 54.4 Å². The fraction of sp³-hybridized carbons (Fsp3) is 0.250. The molecule has 2 rings (SSSR count). The standard InChI is InChI=1S/C16H19N/c1-3-7-14(8-4-2)16-15-10-6-5-9-13(15)11-12-17-16/h3-10,16-17H,1,11-12H2,2H3/b8-4-,14-7+. The second-order valence-electron chi connectivity index (χ2n) is 4.24. The highest BCUT2D eigenvalue weighted by Gasteiger charge is 2.20. The third kappa shape index (κ3) is 2.56. The molecule has 1 aliphatic heterocycles. The average Bonchev–Trinajstić information content (AvgIpc) is 2.38. The molecule has 0 radical (unpaired) electrons. The first-order valence-electron chi connectivity index (χ1n) is 6.13. The maximum atomic E-state index is 3.80. The van der Waals surface area contributed by atoms with E-state index in [1.165, 1.54) is 16.7 Å². The molecule has 0 aromatic heterocycles. The van der Waals surface area contributed by atoms with Crippen LogP contribution in [0.3, 0.4) is 0 Å². The van der Waals surface area contributed by atoms with Crippen LogP contribution in [-0.4, -0.2) is 6.54 Å². The molecular weight excluding hydrogens is 206 g/mol. The lowest BCUT2D eigenvalue weighted by Crippen LogP contribution is -2.30. The summed E-state index contributed by atoms with van der Waals surface area (Å²) in [6.45, 7) is 6.88. The van der Waals surface area contributed by atoms with Crippen molar-refractivity contribution in [1.82, 2.24) is 5.32 Å². The molecule has 1 unspecified atom stereocenters. The summed E-state index contributed by atoms with van der Waals surface area (Å²) < 4.78 is 0. The van der Waals surface area contributed by atoms with Gasteiger partial charge in [-0.15, -0.1) is 0 Å². The van der Waals surface area contributed by atoms with Gasteiger partial charge in [-0.2, -0.15) is 0 Å². The van der Waals surface area contributed by atoms with E-state index in [0.717, 1.165) is 13.0 Å². The number of rotatable bonds is 3. The summed E-state index contributed by atoms with van der Waals surface area (Å²) in [5.74, 6) is 0. The van der Waals surface area contributed by atoms with Gasteiger partial charge in [0, 0.05) is 6.54 Å². The van der Waals surface area contributed by atoms with Crippen LogP contribution < -0.4 is 5.32 Å². The monoisotopic (exact) mass is 225 g/mol. The predicted octanol–water partition coefficient (Wildman–Crippen LogP) is 3.56. The normalized spacial score (nSPS) is 20.3. The van der Waals surface area contributed by atoms with Gasteiger partial charge in [0.25, 0.3) is 0 Å². The third-order valence-electron chi connectivity index (χ3n) is 3.11. The first kappa shape index (κ1) is 11.9.